The number of carbonyl (C=O) groups is 1. The molecule has 1 saturated heterocycles. The molecular formula is C20H19NO4S. The number of nitrogens with zero attached hydrogens (tertiary/aromatic N) is 1. The first kappa shape index (κ1) is 17.0. The molecule has 0 spiro atoms. The van der Waals surface area contributed by atoms with Gasteiger partial charge in [0.15, 0.2) is 0 Å². The molecule has 0 radical (unpaired) electrons. The fraction of sp³-hybridized carbons (Fsp3) is 0.300. The number of thiazole rings is 1. The lowest BCUT2D eigenvalue weighted by atomic mass is 10.2. The third-order valence-corrected chi connectivity index (χ3v) is 5.20. The van der Waals surface area contributed by atoms with E-state index in [1.165, 1.54) is 11.3 Å². The first-order valence-electron chi connectivity index (χ1n) is 8.64. The maximum atomic E-state index is 12.3. The molecule has 0 N–H and O–H groups in total. The van der Waals surface area contributed by atoms with Crippen LogP contribution in [-0.4, -0.2) is 30.3 Å². The van der Waals surface area contributed by atoms with Crippen molar-refractivity contribution >= 4 is 27.5 Å². The number of rotatable bonds is 6. The fourth-order valence-electron chi connectivity index (χ4n) is 2.87. The molecule has 6 heteroatoms. The molecule has 0 unspecified atom stereocenters. The number of esters is 1. The Morgan fingerprint density at radius 1 is 1.23 bits per heavy atom. The van der Waals surface area contributed by atoms with Gasteiger partial charge in [0.05, 0.1) is 21.9 Å². The summed E-state index contributed by atoms with van der Waals surface area (Å²) >= 11 is 1.53. The Bertz CT molecular complexity index is 868. The number of carbonyl (C=O) groups excluding carboxylic acids is 1. The monoisotopic (exact) mass is 369 g/mol. The molecule has 0 saturated carbocycles. The predicted molar refractivity (Wildman–Crippen MR) is 99.7 cm³/mol. The minimum absolute atomic E-state index is 0.143. The Labute approximate surface area is 155 Å². The lowest BCUT2D eigenvalue weighted by molar-refractivity contribution is 0.0471. The highest BCUT2D eigenvalue weighted by Gasteiger charge is 2.16. The van der Waals surface area contributed by atoms with E-state index in [-0.39, 0.29) is 18.7 Å². The summed E-state index contributed by atoms with van der Waals surface area (Å²) in [6.45, 7) is 1.47. The first-order chi connectivity index (χ1) is 12.8. The third-order valence-electron chi connectivity index (χ3n) is 4.19. The fourth-order valence-corrected chi connectivity index (χ4v) is 3.75. The SMILES string of the molecule is O=C(OCc1nc2ccccc2s1)c1cccc(OC[C@@H]2CCCO2)c1. The van der Waals surface area contributed by atoms with Gasteiger partial charge >= 0.3 is 5.97 Å². The molecule has 26 heavy (non-hydrogen) atoms. The van der Waals surface area contributed by atoms with E-state index in [2.05, 4.69) is 4.98 Å². The largest absolute Gasteiger partial charge is 0.491 e. The first-order valence-corrected chi connectivity index (χ1v) is 9.45. The van der Waals surface area contributed by atoms with Gasteiger partial charge in [-0.05, 0) is 43.2 Å². The highest BCUT2D eigenvalue weighted by atomic mass is 32.1. The van der Waals surface area contributed by atoms with Crippen LogP contribution in [-0.2, 0) is 16.1 Å². The topological polar surface area (TPSA) is 57.7 Å². The molecule has 1 aromatic heterocycles. The van der Waals surface area contributed by atoms with Gasteiger partial charge in [0.25, 0.3) is 0 Å². The van der Waals surface area contributed by atoms with Crippen LogP contribution in [0.1, 0.15) is 28.2 Å². The molecular weight excluding hydrogens is 350 g/mol. The van der Waals surface area contributed by atoms with E-state index >= 15 is 0 Å². The molecule has 3 aromatic rings. The average molecular weight is 369 g/mol. The van der Waals surface area contributed by atoms with Gasteiger partial charge in [-0.2, -0.15) is 0 Å². The standard InChI is InChI=1S/C20H19NO4S/c22-20(25-13-19-21-17-8-1-2-9-18(17)26-19)14-5-3-6-15(11-14)24-12-16-7-4-10-23-16/h1-3,5-6,8-9,11,16H,4,7,10,12-13H2/t16-/m0/s1. The summed E-state index contributed by atoms with van der Waals surface area (Å²) in [4.78, 5) is 16.8. The number of hydrogen-bond acceptors (Lipinski definition) is 6. The van der Waals surface area contributed by atoms with Crippen molar-refractivity contribution in [1.82, 2.24) is 4.98 Å². The van der Waals surface area contributed by atoms with E-state index < -0.39 is 0 Å². The molecule has 1 fully saturated rings. The molecule has 1 aliphatic rings. The second kappa shape index (κ2) is 7.85. The van der Waals surface area contributed by atoms with Crippen LogP contribution in [0.25, 0.3) is 10.2 Å². The van der Waals surface area contributed by atoms with E-state index in [1.807, 2.05) is 30.3 Å². The van der Waals surface area contributed by atoms with E-state index in [0.717, 1.165) is 34.7 Å². The summed E-state index contributed by atoms with van der Waals surface area (Å²) in [7, 11) is 0. The maximum absolute atomic E-state index is 12.3. The van der Waals surface area contributed by atoms with E-state index in [4.69, 9.17) is 14.2 Å². The van der Waals surface area contributed by atoms with Crippen molar-refractivity contribution in [2.45, 2.75) is 25.6 Å². The quantitative estimate of drug-likeness (QED) is 0.609. The van der Waals surface area contributed by atoms with Crippen molar-refractivity contribution in [2.75, 3.05) is 13.2 Å². The minimum Gasteiger partial charge on any atom is -0.491 e. The summed E-state index contributed by atoms with van der Waals surface area (Å²) in [5.41, 5.74) is 1.39. The van der Waals surface area contributed by atoms with Crippen LogP contribution in [0.2, 0.25) is 0 Å². The van der Waals surface area contributed by atoms with Gasteiger partial charge in [0.2, 0.25) is 0 Å². The Hall–Kier alpha value is -2.44. The van der Waals surface area contributed by atoms with Crippen LogP contribution >= 0.6 is 11.3 Å². The number of fused-ring (bicyclic) bond motifs is 1. The van der Waals surface area contributed by atoms with Gasteiger partial charge in [0.1, 0.15) is 24.0 Å². The van der Waals surface area contributed by atoms with Crippen LogP contribution in [0.3, 0.4) is 0 Å². The number of hydrogen-bond donors (Lipinski definition) is 0. The van der Waals surface area contributed by atoms with Crippen molar-refractivity contribution < 1.29 is 19.0 Å². The Balaban J connectivity index is 1.35. The van der Waals surface area contributed by atoms with Crippen molar-refractivity contribution in [2.24, 2.45) is 0 Å². The average Bonchev–Trinajstić information content (AvgIpc) is 3.33. The molecule has 134 valence electrons. The van der Waals surface area contributed by atoms with Crippen LogP contribution in [0.4, 0.5) is 0 Å². The Morgan fingerprint density at radius 2 is 2.15 bits per heavy atom. The number of ether oxygens (including phenoxy) is 3. The van der Waals surface area contributed by atoms with Gasteiger partial charge < -0.3 is 14.2 Å². The molecule has 1 aliphatic heterocycles. The summed E-state index contributed by atoms with van der Waals surface area (Å²) < 4.78 is 17.8. The zero-order chi connectivity index (χ0) is 17.8. The lowest BCUT2D eigenvalue weighted by Gasteiger charge is -2.12. The molecule has 0 bridgehead atoms. The molecule has 0 aliphatic carbocycles. The number of para-hydroxylation sites is 1. The van der Waals surface area contributed by atoms with Crippen molar-refractivity contribution in [3.8, 4) is 5.75 Å². The summed E-state index contributed by atoms with van der Waals surface area (Å²) in [6.07, 6.45) is 2.24. The second-order valence-corrected chi connectivity index (χ2v) is 7.24. The van der Waals surface area contributed by atoms with Crippen molar-refractivity contribution in [3.05, 3.63) is 59.1 Å². The molecule has 1 atom stereocenters. The highest BCUT2D eigenvalue weighted by molar-refractivity contribution is 7.18. The van der Waals surface area contributed by atoms with Crippen LogP contribution in [0.15, 0.2) is 48.5 Å². The third kappa shape index (κ3) is 4.03. The maximum Gasteiger partial charge on any atom is 0.338 e. The van der Waals surface area contributed by atoms with E-state index in [0.29, 0.717) is 17.9 Å². The number of benzene rings is 2. The Morgan fingerprint density at radius 3 is 3.00 bits per heavy atom. The summed E-state index contributed by atoms with van der Waals surface area (Å²) in [5, 5.41) is 0.783. The Kier molecular flexibility index (Phi) is 5.13. The normalized spacial score (nSPS) is 16.7. The van der Waals surface area contributed by atoms with E-state index in [9.17, 15) is 4.79 Å². The van der Waals surface area contributed by atoms with Gasteiger partial charge in [-0.25, -0.2) is 9.78 Å². The highest BCUT2D eigenvalue weighted by Crippen LogP contribution is 2.23. The minimum atomic E-state index is -0.383. The van der Waals surface area contributed by atoms with Gasteiger partial charge in [-0.3, -0.25) is 0 Å². The predicted octanol–water partition coefficient (Wildman–Crippen LogP) is 4.21. The van der Waals surface area contributed by atoms with Crippen LogP contribution < -0.4 is 4.74 Å². The van der Waals surface area contributed by atoms with Crippen LogP contribution in [0.5, 0.6) is 5.75 Å². The molecule has 0 amide bonds. The number of aromatic nitrogens is 1. The molecule has 2 heterocycles. The van der Waals surface area contributed by atoms with Crippen LogP contribution in [0, 0.1) is 0 Å². The zero-order valence-corrected chi connectivity index (χ0v) is 15.0. The second-order valence-electron chi connectivity index (χ2n) is 6.13. The van der Waals surface area contributed by atoms with Crippen molar-refractivity contribution in [1.29, 1.82) is 0 Å². The summed E-state index contributed by atoms with van der Waals surface area (Å²) in [6, 6.07) is 14.9. The summed E-state index contributed by atoms with van der Waals surface area (Å²) in [5.74, 6) is 0.266. The van der Waals surface area contributed by atoms with Gasteiger partial charge in [-0.15, -0.1) is 11.3 Å². The van der Waals surface area contributed by atoms with Gasteiger partial charge in [0, 0.05) is 6.61 Å². The molecule has 2 aromatic carbocycles. The van der Waals surface area contributed by atoms with Crippen molar-refractivity contribution in [3.63, 3.8) is 0 Å². The zero-order valence-electron chi connectivity index (χ0n) is 14.2. The lowest BCUT2D eigenvalue weighted by Crippen LogP contribution is -2.16. The van der Waals surface area contributed by atoms with Gasteiger partial charge in [-0.1, -0.05) is 18.2 Å². The van der Waals surface area contributed by atoms with E-state index in [1.54, 1.807) is 18.2 Å². The molecule has 5 nitrogen and oxygen atoms in total. The smallest absolute Gasteiger partial charge is 0.338 e. The molecule has 4 rings (SSSR count).